The Bertz CT molecular complexity index is 534. The van der Waals surface area contributed by atoms with Crippen LogP contribution in [0.25, 0.3) is 10.6 Å². The van der Waals surface area contributed by atoms with Gasteiger partial charge in [0.15, 0.2) is 0 Å². The van der Waals surface area contributed by atoms with Crippen molar-refractivity contribution in [1.29, 1.82) is 0 Å². The average Bonchev–Trinajstić information content (AvgIpc) is 2.95. The topological polar surface area (TPSA) is 51.2 Å². The van der Waals surface area contributed by atoms with Gasteiger partial charge in [0.05, 0.1) is 22.1 Å². The number of ether oxygens (including phenoxy) is 1. The molecule has 0 bridgehead atoms. The highest BCUT2D eigenvalue weighted by Crippen LogP contribution is 2.28. The lowest BCUT2D eigenvalue weighted by molar-refractivity contribution is -0.124. The number of thiazole rings is 1. The largest absolute Gasteiger partial charge is 0.375 e. The van der Waals surface area contributed by atoms with E-state index in [9.17, 15) is 4.79 Å². The second kappa shape index (κ2) is 6.08. The number of methoxy groups -OCH3 is 1. The maximum Gasteiger partial charge on any atom is 0.246 e. The van der Waals surface area contributed by atoms with Crippen LogP contribution >= 0.6 is 22.7 Å². The quantitative estimate of drug-likeness (QED) is 0.916. The molecule has 2 aromatic rings. The second-order valence-electron chi connectivity index (χ2n) is 3.73. The second-order valence-corrected chi connectivity index (χ2v) is 5.96. The molecule has 0 aliphatic heterocycles. The molecule has 0 saturated heterocycles. The fourth-order valence-electron chi connectivity index (χ4n) is 1.46. The zero-order valence-electron chi connectivity index (χ0n) is 10.2. The normalized spacial score (nSPS) is 10.6. The molecule has 18 heavy (non-hydrogen) atoms. The first kappa shape index (κ1) is 13.2. The predicted molar refractivity (Wildman–Crippen MR) is 73.9 cm³/mol. The van der Waals surface area contributed by atoms with Crippen LogP contribution in [0.5, 0.6) is 0 Å². The molecule has 0 fully saturated rings. The van der Waals surface area contributed by atoms with Crippen LogP contribution in [0.1, 0.15) is 9.88 Å². The van der Waals surface area contributed by atoms with Gasteiger partial charge in [-0.25, -0.2) is 4.98 Å². The van der Waals surface area contributed by atoms with E-state index in [1.807, 2.05) is 19.1 Å². The van der Waals surface area contributed by atoms with Gasteiger partial charge in [-0.15, -0.1) is 22.7 Å². The van der Waals surface area contributed by atoms with Gasteiger partial charge in [0.1, 0.15) is 6.61 Å². The summed E-state index contributed by atoms with van der Waals surface area (Å²) in [5.41, 5.74) is 1.01. The van der Waals surface area contributed by atoms with Crippen molar-refractivity contribution in [3.8, 4) is 10.6 Å². The number of aromatic nitrogens is 1. The molecule has 0 aliphatic rings. The summed E-state index contributed by atoms with van der Waals surface area (Å²) >= 11 is 3.29. The number of carbonyl (C=O) groups excluding carboxylic acids is 1. The number of aryl methyl sites for hydroxylation is 1. The Morgan fingerprint density at radius 2 is 2.33 bits per heavy atom. The van der Waals surface area contributed by atoms with E-state index < -0.39 is 0 Å². The SMILES string of the molecule is COCC(=O)NCc1ccc(-c2csc(C)n2)s1. The fraction of sp³-hybridized carbons (Fsp3) is 0.333. The molecule has 4 nitrogen and oxygen atoms in total. The van der Waals surface area contributed by atoms with Crippen molar-refractivity contribution in [3.63, 3.8) is 0 Å². The number of hydrogen-bond donors (Lipinski definition) is 1. The Morgan fingerprint density at radius 3 is 3.00 bits per heavy atom. The lowest BCUT2D eigenvalue weighted by atomic mass is 10.3. The van der Waals surface area contributed by atoms with E-state index in [0.29, 0.717) is 6.54 Å². The highest BCUT2D eigenvalue weighted by atomic mass is 32.1. The number of amides is 1. The number of nitrogens with one attached hydrogen (secondary N) is 1. The van der Waals surface area contributed by atoms with E-state index in [1.54, 1.807) is 22.7 Å². The van der Waals surface area contributed by atoms with Crippen molar-refractivity contribution in [1.82, 2.24) is 10.3 Å². The molecule has 0 saturated carbocycles. The van der Waals surface area contributed by atoms with Gasteiger partial charge in [-0.2, -0.15) is 0 Å². The minimum atomic E-state index is -0.100. The number of hydrogen-bond acceptors (Lipinski definition) is 5. The molecule has 6 heteroatoms. The number of rotatable bonds is 5. The van der Waals surface area contributed by atoms with Gasteiger partial charge in [-0.05, 0) is 19.1 Å². The van der Waals surface area contributed by atoms with E-state index >= 15 is 0 Å². The standard InChI is InChI=1S/C12H14N2O2S2/c1-8-14-10(7-17-8)11-4-3-9(18-11)5-13-12(15)6-16-2/h3-4,7H,5-6H2,1-2H3,(H,13,15). The third-order valence-electron chi connectivity index (χ3n) is 2.27. The van der Waals surface area contributed by atoms with E-state index in [-0.39, 0.29) is 12.5 Å². The van der Waals surface area contributed by atoms with Gasteiger partial charge in [-0.3, -0.25) is 4.79 Å². The van der Waals surface area contributed by atoms with Crippen molar-refractivity contribution in [2.24, 2.45) is 0 Å². The highest BCUT2D eigenvalue weighted by molar-refractivity contribution is 7.16. The molecule has 0 spiro atoms. The third-order valence-corrected chi connectivity index (χ3v) is 4.15. The van der Waals surface area contributed by atoms with Crippen LogP contribution in [-0.2, 0) is 16.1 Å². The zero-order valence-corrected chi connectivity index (χ0v) is 11.9. The van der Waals surface area contributed by atoms with Crippen LogP contribution in [0.4, 0.5) is 0 Å². The lowest BCUT2D eigenvalue weighted by Gasteiger charge is -2.01. The van der Waals surface area contributed by atoms with Gasteiger partial charge in [0.25, 0.3) is 0 Å². The molecule has 2 rings (SSSR count). The van der Waals surface area contributed by atoms with Crippen molar-refractivity contribution < 1.29 is 9.53 Å². The summed E-state index contributed by atoms with van der Waals surface area (Å²) in [6.45, 7) is 2.63. The average molecular weight is 282 g/mol. The Morgan fingerprint density at radius 1 is 1.50 bits per heavy atom. The van der Waals surface area contributed by atoms with Crippen LogP contribution < -0.4 is 5.32 Å². The Balaban J connectivity index is 1.96. The number of thiophene rings is 1. The molecule has 0 unspecified atom stereocenters. The first-order chi connectivity index (χ1) is 8.69. The molecule has 0 aliphatic carbocycles. The van der Waals surface area contributed by atoms with Gasteiger partial charge < -0.3 is 10.1 Å². The van der Waals surface area contributed by atoms with Gasteiger partial charge in [0, 0.05) is 17.4 Å². The summed E-state index contributed by atoms with van der Waals surface area (Å²) < 4.78 is 4.75. The van der Waals surface area contributed by atoms with E-state index in [0.717, 1.165) is 20.5 Å². The molecular weight excluding hydrogens is 268 g/mol. The lowest BCUT2D eigenvalue weighted by Crippen LogP contribution is -2.26. The Kier molecular flexibility index (Phi) is 4.46. The van der Waals surface area contributed by atoms with Crippen LogP contribution in [0.2, 0.25) is 0 Å². The highest BCUT2D eigenvalue weighted by Gasteiger charge is 2.07. The fourth-order valence-corrected chi connectivity index (χ4v) is 3.05. The summed E-state index contributed by atoms with van der Waals surface area (Å²) in [6, 6.07) is 4.05. The minimum absolute atomic E-state index is 0.100. The molecule has 2 heterocycles. The van der Waals surface area contributed by atoms with Crippen LogP contribution in [-0.4, -0.2) is 24.6 Å². The first-order valence-corrected chi connectivity index (χ1v) is 7.15. The minimum Gasteiger partial charge on any atom is -0.375 e. The molecule has 0 aromatic carbocycles. The molecule has 0 atom stereocenters. The molecule has 1 N–H and O–H groups in total. The third kappa shape index (κ3) is 3.38. The molecule has 0 radical (unpaired) electrons. The molecule has 2 aromatic heterocycles. The van der Waals surface area contributed by atoms with Crippen molar-refractivity contribution in [2.45, 2.75) is 13.5 Å². The summed E-state index contributed by atoms with van der Waals surface area (Å²) in [6.07, 6.45) is 0. The van der Waals surface area contributed by atoms with Crippen LogP contribution in [0, 0.1) is 6.92 Å². The summed E-state index contributed by atoms with van der Waals surface area (Å²) in [7, 11) is 1.51. The summed E-state index contributed by atoms with van der Waals surface area (Å²) in [4.78, 5) is 17.9. The van der Waals surface area contributed by atoms with Gasteiger partial charge in [-0.1, -0.05) is 0 Å². The van der Waals surface area contributed by atoms with Crippen LogP contribution in [0.15, 0.2) is 17.5 Å². The van der Waals surface area contributed by atoms with E-state index in [1.165, 1.54) is 7.11 Å². The van der Waals surface area contributed by atoms with E-state index in [2.05, 4.69) is 15.7 Å². The smallest absolute Gasteiger partial charge is 0.246 e. The monoisotopic (exact) mass is 282 g/mol. The van der Waals surface area contributed by atoms with Gasteiger partial charge >= 0.3 is 0 Å². The number of carbonyl (C=O) groups is 1. The van der Waals surface area contributed by atoms with E-state index in [4.69, 9.17) is 4.74 Å². The summed E-state index contributed by atoms with van der Waals surface area (Å²) in [5, 5.41) is 5.91. The number of nitrogens with zero attached hydrogens (tertiary/aromatic N) is 1. The summed E-state index contributed by atoms with van der Waals surface area (Å²) in [5.74, 6) is -0.100. The first-order valence-electron chi connectivity index (χ1n) is 5.46. The predicted octanol–water partition coefficient (Wildman–Crippen LogP) is 2.44. The maximum absolute atomic E-state index is 11.3. The van der Waals surface area contributed by atoms with Crippen molar-refractivity contribution in [3.05, 3.63) is 27.4 Å². The molecular formula is C12H14N2O2S2. The Labute approximate surface area is 114 Å². The molecule has 1 amide bonds. The van der Waals surface area contributed by atoms with Crippen LogP contribution in [0.3, 0.4) is 0 Å². The Hall–Kier alpha value is -1.24. The van der Waals surface area contributed by atoms with Crippen molar-refractivity contribution in [2.75, 3.05) is 13.7 Å². The van der Waals surface area contributed by atoms with Crippen molar-refractivity contribution >= 4 is 28.6 Å². The van der Waals surface area contributed by atoms with Gasteiger partial charge in [0.2, 0.25) is 5.91 Å². The maximum atomic E-state index is 11.3. The molecule has 96 valence electrons. The zero-order chi connectivity index (χ0) is 13.0.